The molecule has 2 heterocycles. The molecule has 0 saturated heterocycles. The third-order valence-corrected chi connectivity index (χ3v) is 5.48. The fourth-order valence-corrected chi connectivity index (χ4v) is 3.99. The number of hydrogen-bond donors (Lipinski definition) is 0. The summed E-state index contributed by atoms with van der Waals surface area (Å²) < 4.78 is 7.79. The zero-order chi connectivity index (χ0) is 21.5. The van der Waals surface area contributed by atoms with E-state index in [1.54, 1.807) is 23.7 Å². The lowest BCUT2D eigenvalue weighted by atomic mass is 10.1. The van der Waals surface area contributed by atoms with Crippen molar-refractivity contribution in [1.82, 2.24) is 14.8 Å². The Labute approximate surface area is 187 Å². The van der Waals surface area contributed by atoms with Crippen LogP contribution in [-0.4, -0.2) is 14.8 Å². The highest BCUT2D eigenvalue weighted by molar-refractivity contribution is 6.38. The number of benzene rings is 3. The standard InChI is InChI=1S/C24H15Cl2N3O2/c1-14-20(30)18-12-16(25)13-19(26)22(18)31-21(14)23-27-24(15-8-4-2-5-9-15)29(28-23)17-10-6-3-7-11-17/h2-13H,1H3. The Morgan fingerprint density at radius 1 is 0.935 bits per heavy atom. The van der Waals surface area contributed by atoms with Crippen LogP contribution in [0.25, 0.3) is 39.6 Å². The molecule has 0 spiro atoms. The van der Waals surface area contributed by atoms with E-state index in [1.807, 2.05) is 60.7 Å². The first-order chi connectivity index (χ1) is 15.0. The monoisotopic (exact) mass is 447 g/mol. The van der Waals surface area contributed by atoms with Gasteiger partial charge in [0.15, 0.2) is 22.6 Å². The van der Waals surface area contributed by atoms with Gasteiger partial charge in [-0.1, -0.05) is 71.7 Å². The minimum absolute atomic E-state index is 0.224. The molecule has 0 amide bonds. The molecule has 0 N–H and O–H groups in total. The Morgan fingerprint density at radius 3 is 2.32 bits per heavy atom. The van der Waals surface area contributed by atoms with Gasteiger partial charge in [-0.15, -0.1) is 5.10 Å². The van der Waals surface area contributed by atoms with E-state index in [0.29, 0.717) is 27.6 Å². The van der Waals surface area contributed by atoms with E-state index in [4.69, 9.17) is 32.6 Å². The molecule has 0 radical (unpaired) electrons. The fraction of sp³-hybridized carbons (Fsp3) is 0.0417. The number of hydrogen-bond acceptors (Lipinski definition) is 4. The van der Waals surface area contributed by atoms with Crippen LogP contribution in [0.1, 0.15) is 5.56 Å². The summed E-state index contributed by atoms with van der Waals surface area (Å²) in [6.07, 6.45) is 0. The van der Waals surface area contributed by atoms with Gasteiger partial charge >= 0.3 is 0 Å². The van der Waals surface area contributed by atoms with Gasteiger partial charge in [-0.3, -0.25) is 4.79 Å². The van der Waals surface area contributed by atoms with Crippen molar-refractivity contribution in [2.75, 3.05) is 0 Å². The molecule has 0 fully saturated rings. The van der Waals surface area contributed by atoms with Gasteiger partial charge in [0.1, 0.15) is 0 Å². The van der Waals surface area contributed by atoms with Crippen molar-refractivity contribution < 1.29 is 4.42 Å². The topological polar surface area (TPSA) is 60.9 Å². The Hall–Kier alpha value is -3.41. The van der Waals surface area contributed by atoms with E-state index in [2.05, 4.69) is 5.10 Å². The van der Waals surface area contributed by atoms with Crippen molar-refractivity contribution in [2.24, 2.45) is 0 Å². The van der Waals surface area contributed by atoms with Crippen LogP contribution in [0.4, 0.5) is 0 Å². The first-order valence-corrected chi connectivity index (χ1v) is 10.3. The molecule has 3 aromatic carbocycles. The summed E-state index contributed by atoms with van der Waals surface area (Å²) >= 11 is 12.4. The summed E-state index contributed by atoms with van der Waals surface area (Å²) in [5.41, 5.74) is 2.14. The summed E-state index contributed by atoms with van der Waals surface area (Å²) in [7, 11) is 0. The average molecular weight is 448 g/mol. The Balaban J connectivity index is 1.79. The summed E-state index contributed by atoms with van der Waals surface area (Å²) in [5, 5.41) is 5.64. The van der Waals surface area contributed by atoms with Gasteiger partial charge in [0, 0.05) is 16.1 Å². The van der Waals surface area contributed by atoms with E-state index in [9.17, 15) is 4.79 Å². The number of rotatable bonds is 3. The molecule has 0 aliphatic heterocycles. The van der Waals surface area contributed by atoms with Crippen LogP contribution in [0.15, 0.2) is 82.0 Å². The summed E-state index contributed by atoms with van der Waals surface area (Å²) in [4.78, 5) is 17.8. The molecule has 7 heteroatoms. The van der Waals surface area contributed by atoms with Crippen molar-refractivity contribution in [3.8, 4) is 28.7 Å². The van der Waals surface area contributed by atoms with Crippen molar-refractivity contribution in [2.45, 2.75) is 6.92 Å². The van der Waals surface area contributed by atoms with Gasteiger partial charge in [-0.05, 0) is 31.2 Å². The highest BCUT2D eigenvalue weighted by atomic mass is 35.5. The third-order valence-electron chi connectivity index (χ3n) is 4.98. The van der Waals surface area contributed by atoms with Crippen LogP contribution in [0.5, 0.6) is 0 Å². The average Bonchev–Trinajstić information content (AvgIpc) is 3.23. The van der Waals surface area contributed by atoms with E-state index >= 15 is 0 Å². The number of fused-ring (bicyclic) bond motifs is 1. The molecule has 0 aliphatic carbocycles. The fourth-order valence-electron chi connectivity index (χ4n) is 3.46. The normalized spacial score (nSPS) is 11.2. The molecule has 0 unspecified atom stereocenters. The van der Waals surface area contributed by atoms with E-state index < -0.39 is 0 Å². The smallest absolute Gasteiger partial charge is 0.218 e. The molecule has 152 valence electrons. The molecular formula is C24H15Cl2N3O2. The summed E-state index contributed by atoms with van der Waals surface area (Å²) in [6.45, 7) is 1.68. The van der Waals surface area contributed by atoms with Gasteiger partial charge in [-0.25, -0.2) is 9.67 Å². The minimum atomic E-state index is -0.224. The van der Waals surface area contributed by atoms with Gasteiger partial charge in [0.05, 0.1) is 16.1 Å². The van der Waals surface area contributed by atoms with Crippen LogP contribution in [0.2, 0.25) is 10.0 Å². The molecule has 5 aromatic rings. The predicted octanol–water partition coefficient (Wildman–Crippen LogP) is 6.32. The van der Waals surface area contributed by atoms with Crippen molar-refractivity contribution >= 4 is 34.2 Å². The zero-order valence-electron chi connectivity index (χ0n) is 16.3. The SMILES string of the molecule is Cc1c(-c2nc(-c3ccccc3)n(-c3ccccc3)n2)oc2c(Cl)cc(Cl)cc2c1=O. The predicted molar refractivity (Wildman–Crippen MR) is 123 cm³/mol. The van der Waals surface area contributed by atoms with Crippen LogP contribution in [0, 0.1) is 6.92 Å². The molecule has 5 rings (SSSR count). The van der Waals surface area contributed by atoms with Crippen LogP contribution in [0.3, 0.4) is 0 Å². The Kier molecular flexibility index (Phi) is 4.85. The minimum Gasteiger partial charge on any atom is -0.451 e. The van der Waals surface area contributed by atoms with Crippen molar-refractivity contribution in [3.63, 3.8) is 0 Å². The van der Waals surface area contributed by atoms with E-state index in [0.717, 1.165) is 11.3 Å². The third kappa shape index (κ3) is 3.42. The maximum atomic E-state index is 13.0. The first-order valence-electron chi connectivity index (χ1n) is 9.53. The number of aromatic nitrogens is 3. The van der Waals surface area contributed by atoms with Crippen LogP contribution >= 0.6 is 23.2 Å². The highest BCUT2D eigenvalue weighted by Crippen LogP contribution is 2.32. The lowest BCUT2D eigenvalue weighted by Crippen LogP contribution is -2.08. The van der Waals surface area contributed by atoms with E-state index in [1.165, 1.54) is 0 Å². The lowest BCUT2D eigenvalue weighted by Gasteiger charge is -2.06. The van der Waals surface area contributed by atoms with Crippen LogP contribution in [-0.2, 0) is 0 Å². The molecule has 2 aromatic heterocycles. The lowest BCUT2D eigenvalue weighted by molar-refractivity contribution is 0.607. The second-order valence-corrected chi connectivity index (χ2v) is 7.87. The van der Waals surface area contributed by atoms with Gasteiger partial charge in [0.2, 0.25) is 5.82 Å². The van der Waals surface area contributed by atoms with Crippen molar-refractivity contribution in [3.05, 3.63) is 98.6 Å². The molecular weight excluding hydrogens is 433 g/mol. The molecule has 5 nitrogen and oxygen atoms in total. The Morgan fingerprint density at radius 2 is 1.61 bits per heavy atom. The molecule has 0 saturated carbocycles. The Bertz CT molecular complexity index is 1420. The maximum Gasteiger partial charge on any atom is 0.218 e. The first kappa shape index (κ1) is 19.5. The molecule has 0 atom stereocenters. The zero-order valence-corrected chi connectivity index (χ0v) is 17.9. The molecule has 0 aliphatic rings. The summed E-state index contributed by atoms with van der Waals surface area (Å²) in [6, 6.07) is 22.5. The van der Waals surface area contributed by atoms with Gasteiger partial charge < -0.3 is 4.42 Å². The highest BCUT2D eigenvalue weighted by Gasteiger charge is 2.21. The number of nitrogens with zero attached hydrogens (tertiary/aromatic N) is 3. The number of halogens is 2. The van der Waals surface area contributed by atoms with E-state index in [-0.39, 0.29) is 21.8 Å². The van der Waals surface area contributed by atoms with Gasteiger partial charge in [0.25, 0.3) is 0 Å². The van der Waals surface area contributed by atoms with Gasteiger partial charge in [-0.2, -0.15) is 0 Å². The largest absolute Gasteiger partial charge is 0.451 e. The molecule has 0 bridgehead atoms. The quantitative estimate of drug-likeness (QED) is 0.324. The van der Waals surface area contributed by atoms with Crippen LogP contribution < -0.4 is 5.43 Å². The second kappa shape index (κ2) is 7.69. The number of para-hydroxylation sites is 1. The molecule has 31 heavy (non-hydrogen) atoms. The summed E-state index contributed by atoms with van der Waals surface area (Å²) in [5.74, 6) is 1.20. The second-order valence-electron chi connectivity index (χ2n) is 7.02. The van der Waals surface area contributed by atoms with Crippen molar-refractivity contribution in [1.29, 1.82) is 0 Å². The maximum absolute atomic E-state index is 13.0.